The fourth-order valence-electron chi connectivity index (χ4n) is 1.97. The highest BCUT2D eigenvalue weighted by Gasteiger charge is 2.08. The molecule has 0 saturated heterocycles. The largest absolute Gasteiger partial charge is 0.433 e. The molecule has 2 N–H and O–H groups in total. The number of aliphatic hydroxyl groups is 1. The Hall–Kier alpha value is -1.85. The first kappa shape index (κ1) is 16.5. The quantitative estimate of drug-likeness (QED) is 0.805. The van der Waals surface area contributed by atoms with E-state index in [1.165, 1.54) is 6.07 Å². The second-order valence-corrected chi connectivity index (χ2v) is 5.07. The van der Waals surface area contributed by atoms with E-state index in [0.29, 0.717) is 13.0 Å². The molecule has 2 aromatic carbocycles. The van der Waals surface area contributed by atoms with Gasteiger partial charge in [-0.2, -0.15) is 8.78 Å². The zero-order valence-electron chi connectivity index (χ0n) is 11.7. The zero-order chi connectivity index (χ0) is 15.9. The highest BCUT2D eigenvalue weighted by molar-refractivity contribution is 6.32. The minimum atomic E-state index is -2.89. The molecule has 0 amide bonds. The molecule has 0 radical (unpaired) electrons. The van der Waals surface area contributed by atoms with E-state index in [-0.39, 0.29) is 17.4 Å². The van der Waals surface area contributed by atoms with Crippen LogP contribution in [0, 0.1) is 0 Å². The van der Waals surface area contributed by atoms with Crippen LogP contribution >= 0.6 is 11.6 Å². The van der Waals surface area contributed by atoms with E-state index in [1.54, 1.807) is 12.1 Å². The molecule has 0 aromatic heterocycles. The summed E-state index contributed by atoms with van der Waals surface area (Å²) in [6.07, 6.45) is 0.626. The number of rotatable bonds is 7. The minimum absolute atomic E-state index is 0.0335. The first-order chi connectivity index (χ1) is 10.6. The third-order valence-electron chi connectivity index (χ3n) is 3.06. The van der Waals surface area contributed by atoms with Crippen molar-refractivity contribution >= 4 is 17.3 Å². The summed E-state index contributed by atoms with van der Waals surface area (Å²) < 4.78 is 28.6. The fraction of sp³-hybridized carbons (Fsp3) is 0.250. The van der Waals surface area contributed by atoms with Crippen molar-refractivity contribution in [3.63, 3.8) is 0 Å². The summed E-state index contributed by atoms with van der Waals surface area (Å²) in [7, 11) is 0. The van der Waals surface area contributed by atoms with Crippen LogP contribution in [0.15, 0.2) is 42.5 Å². The van der Waals surface area contributed by atoms with Crippen molar-refractivity contribution in [3.05, 3.63) is 58.6 Å². The Morgan fingerprint density at radius 1 is 1.09 bits per heavy atom. The molecule has 2 aromatic rings. The van der Waals surface area contributed by atoms with E-state index in [9.17, 15) is 8.78 Å². The summed E-state index contributed by atoms with van der Waals surface area (Å²) in [6.45, 7) is -2.26. The van der Waals surface area contributed by atoms with E-state index in [1.807, 2.05) is 24.3 Å². The van der Waals surface area contributed by atoms with Gasteiger partial charge in [-0.05, 0) is 41.8 Å². The first-order valence-corrected chi connectivity index (χ1v) is 7.13. The topological polar surface area (TPSA) is 41.5 Å². The minimum Gasteiger partial charge on any atom is -0.433 e. The van der Waals surface area contributed by atoms with Gasteiger partial charge in [-0.25, -0.2) is 0 Å². The number of alkyl halides is 2. The van der Waals surface area contributed by atoms with Crippen molar-refractivity contribution in [2.24, 2.45) is 0 Å². The highest BCUT2D eigenvalue weighted by Crippen LogP contribution is 2.27. The van der Waals surface area contributed by atoms with Gasteiger partial charge in [-0.3, -0.25) is 0 Å². The lowest BCUT2D eigenvalue weighted by Crippen LogP contribution is -2.03. The van der Waals surface area contributed by atoms with Gasteiger partial charge in [-0.15, -0.1) is 0 Å². The van der Waals surface area contributed by atoms with E-state index < -0.39 is 6.61 Å². The zero-order valence-corrected chi connectivity index (χ0v) is 12.5. The second kappa shape index (κ2) is 7.96. The number of benzene rings is 2. The number of ether oxygens (including phenoxy) is 1. The maximum Gasteiger partial charge on any atom is 0.387 e. The molecule has 3 nitrogen and oxygen atoms in total. The Bertz CT molecular complexity index is 606. The van der Waals surface area contributed by atoms with Crippen LogP contribution in [0.2, 0.25) is 5.02 Å². The number of anilines is 1. The van der Waals surface area contributed by atoms with Crippen LogP contribution in [0.1, 0.15) is 11.1 Å². The van der Waals surface area contributed by atoms with Crippen LogP contribution in [0.25, 0.3) is 0 Å². The van der Waals surface area contributed by atoms with Crippen molar-refractivity contribution < 1.29 is 18.6 Å². The second-order valence-electron chi connectivity index (χ2n) is 4.67. The van der Waals surface area contributed by atoms with Crippen LogP contribution < -0.4 is 10.1 Å². The Morgan fingerprint density at radius 3 is 2.36 bits per heavy atom. The van der Waals surface area contributed by atoms with E-state index in [0.717, 1.165) is 16.8 Å². The SMILES string of the molecule is OCCc1ccc(NCc2ccc(OC(F)F)c(Cl)c2)cc1. The summed E-state index contributed by atoms with van der Waals surface area (Å²) in [5.74, 6) is -0.0335. The van der Waals surface area contributed by atoms with Gasteiger partial charge in [0.2, 0.25) is 0 Å². The molecular formula is C16H16ClF2NO2. The van der Waals surface area contributed by atoms with Crippen LogP contribution in [-0.2, 0) is 13.0 Å². The maximum absolute atomic E-state index is 12.1. The smallest absolute Gasteiger partial charge is 0.387 e. The third kappa shape index (κ3) is 4.86. The lowest BCUT2D eigenvalue weighted by Gasteiger charge is -2.10. The van der Waals surface area contributed by atoms with Crippen LogP contribution in [-0.4, -0.2) is 18.3 Å². The normalized spacial score (nSPS) is 10.8. The van der Waals surface area contributed by atoms with Gasteiger partial charge in [-0.1, -0.05) is 29.8 Å². The van der Waals surface area contributed by atoms with Crippen LogP contribution in [0.4, 0.5) is 14.5 Å². The average Bonchev–Trinajstić information content (AvgIpc) is 2.49. The molecule has 6 heteroatoms. The van der Waals surface area contributed by atoms with E-state index in [4.69, 9.17) is 16.7 Å². The van der Waals surface area contributed by atoms with E-state index >= 15 is 0 Å². The monoisotopic (exact) mass is 327 g/mol. The van der Waals surface area contributed by atoms with Gasteiger partial charge in [0, 0.05) is 18.8 Å². The van der Waals surface area contributed by atoms with Gasteiger partial charge < -0.3 is 15.2 Å². The summed E-state index contributed by atoms with van der Waals surface area (Å²) in [4.78, 5) is 0. The summed E-state index contributed by atoms with van der Waals surface area (Å²) in [6, 6.07) is 12.4. The lowest BCUT2D eigenvalue weighted by atomic mass is 10.1. The van der Waals surface area contributed by atoms with Crippen LogP contribution in [0.5, 0.6) is 5.75 Å². The Balaban J connectivity index is 1.95. The summed E-state index contributed by atoms with van der Waals surface area (Å²) >= 11 is 5.90. The molecule has 0 aliphatic rings. The molecule has 0 saturated carbocycles. The number of aliphatic hydroxyl groups excluding tert-OH is 1. The average molecular weight is 328 g/mol. The Kier molecular flexibility index (Phi) is 5.98. The van der Waals surface area contributed by atoms with Crippen molar-refractivity contribution in [2.75, 3.05) is 11.9 Å². The predicted octanol–water partition coefficient (Wildman–Crippen LogP) is 4.09. The molecule has 2 rings (SSSR count). The Labute approximate surface area is 132 Å². The van der Waals surface area contributed by atoms with Gasteiger partial charge in [0.05, 0.1) is 5.02 Å². The molecule has 0 aliphatic carbocycles. The van der Waals surface area contributed by atoms with Gasteiger partial charge >= 0.3 is 6.61 Å². The molecule has 0 aliphatic heterocycles. The number of halogens is 3. The van der Waals surface area contributed by atoms with Crippen LogP contribution in [0.3, 0.4) is 0 Å². The molecule has 0 fully saturated rings. The standard InChI is InChI=1S/C16H16ClF2NO2/c17-14-9-12(3-6-15(14)22-16(18)19)10-20-13-4-1-11(2-5-13)7-8-21/h1-6,9,16,20-21H,7-8,10H2. The number of nitrogens with one attached hydrogen (secondary N) is 1. The predicted molar refractivity (Wildman–Crippen MR) is 82.6 cm³/mol. The lowest BCUT2D eigenvalue weighted by molar-refractivity contribution is -0.0497. The maximum atomic E-state index is 12.1. The molecule has 22 heavy (non-hydrogen) atoms. The Morgan fingerprint density at radius 2 is 1.77 bits per heavy atom. The molecular weight excluding hydrogens is 312 g/mol. The molecule has 0 heterocycles. The van der Waals surface area contributed by atoms with Crippen molar-refractivity contribution in [2.45, 2.75) is 19.6 Å². The molecule has 0 atom stereocenters. The first-order valence-electron chi connectivity index (χ1n) is 6.75. The van der Waals surface area contributed by atoms with Crippen molar-refractivity contribution in [3.8, 4) is 5.75 Å². The highest BCUT2D eigenvalue weighted by atomic mass is 35.5. The molecule has 118 valence electrons. The van der Waals surface area contributed by atoms with Crippen molar-refractivity contribution in [1.29, 1.82) is 0 Å². The number of hydrogen-bond donors (Lipinski definition) is 2. The number of hydrogen-bond acceptors (Lipinski definition) is 3. The van der Waals surface area contributed by atoms with E-state index in [2.05, 4.69) is 10.1 Å². The van der Waals surface area contributed by atoms with Gasteiger partial charge in [0.1, 0.15) is 5.75 Å². The third-order valence-corrected chi connectivity index (χ3v) is 3.36. The summed E-state index contributed by atoms with van der Waals surface area (Å²) in [5, 5.41) is 12.2. The molecule has 0 unspecified atom stereocenters. The fourth-order valence-corrected chi connectivity index (χ4v) is 2.22. The summed E-state index contributed by atoms with van der Waals surface area (Å²) in [5.41, 5.74) is 2.83. The van der Waals surface area contributed by atoms with Crippen molar-refractivity contribution in [1.82, 2.24) is 0 Å². The molecule has 0 spiro atoms. The van der Waals surface area contributed by atoms with Gasteiger partial charge in [0.25, 0.3) is 0 Å². The van der Waals surface area contributed by atoms with Gasteiger partial charge in [0.15, 0.2) is 0 Å². The molecule has 0 bridgehead atoms.